The molecule has 1 aromatic heterocycles. The fourth-order valence-electron chi connectivity index (χ4n) is 12.0. The topological polar surface area (TPSA) is 123 Å². The van der Waals surface area contributed by atoms with Crippen LogP contribution in [0.25, 0.3) is 0 Å². The van der Waals surface area contributed by atoms with Crippen molar-refractivity contribution in [3.8, 4) is 0 Å². The molecule has 1 saturated heterocycles. The molecule has 8 atom stereocenters. The molecule has 0 radical (unpaired) electrons. The molecule has 5 aliphatic rings. The Morgan fingerprint density at radius 3 is 2.44 bits per heavy atom. The number of unbranched alkanes of at least 4 members (excludes halogenated alkanes) is 1. The van der Waals surface area contributed by atoms with E-state index in [-0.39, 0.29) is 58.6 Å². The molecular weight excluding hydrogens is 681 g/mol. The number of carboxylic acid groups (broad SMARTS) is 1. The van der Waals surface area contributed by atoms with Gasteiger partial charge in [-0.2, -0.15) is 0 Å². The van der Waals surface area contributed by atoms with E-state index in [2.05, 4.69) is 53.5 Å². The van der Waals surface area contributed by atoms with Crippen LogP contribution in [0.15, 0.2) is 35.5 Å². The lowest BCUT2D eigenvalue weighted by atomic mass is 9.38. The summed E-state index contributed by atoms with van der Waals surface area (Å²) in [4.78, 5) is 58.8. The Balaban J connectivity index is 1.25. The standard InChI is InChI=1S/C45H66N2O7/c1-10-11-15-34(53-36(49)25-41(4,5)39(50)51)42(6,7)29-18-19-43(8)30(23-29)16-17-32-38-37(28(2)3)33(48)24-45(38,21-20-44(32,43)9)35-27-47(40(52)54-35)26-31-14-12-13-22-46-31/h12-14,22,28-30,32,34-35H,10-11,15-21,23-27H2,1-9H3,(H,50,51)/t29-,30-,32-,34+,35+,43-,44-,45+/m1/s1. The minimum atomic E-state index is -1.18. The van der Waals surface area contributed by atoms with Crippen LogP contribution in [0.3, 0.4) is 0 Å². The van der Waals surface area contributed by atoms with Gasteiger partial charge in [0, 0.05) is 23.4 Å². The Labute approximate surface area is 323 Å². The van der Waals surface area contributed by atoms with Gasteiger partial charge in [-0.25, -0.2) is 4.79 Å². The number of ketones is 1. The second kappa shape index (κ2) is 14.7. The quantitative estimate of drug-likeness (QED) is 0.198. The van der Waals surface area contributed by atoms with E-state index in [0.717, 1.165) is 75.5 Å². The first-order valence-corrected chi connectivity index (χ1v) is 20.9. The number of hydrogen-bond donors (Lipinski definition) is 1. The van der Waals surface area contributed by atoms with E-state index in [9.17, 15) is 24.3 Å². The Morgan fingerprint density at radius 2 is 1.80 bits per heavy atom. The Bertz CT molecular complexity index is 1650. The van der Waals surface area contributed by atoms with Crippen molar-refractivity contribution in [1.82, 2.24) is 9.88 Å². The maximum absolute atomic E-state index is 14.1. The number of carboxylic acids is 1. The molecule has 0 spiro atoms. The van der Waals surface area contributed by atoms with E-state index < -0.39 is 22.8 Å². The van der Waals surface area contributed by atoms with Crippen molar-refractivity contribution >= 4 is 23.8 Å². The zero-order chi connectivity index (χ0) is 39.4. The molecule has 1 aromatic rings. The number of aromatic nitrogens is 1. The lowest BCUT2D eigenvalue weighted by Crippen LogP contribution is -2.60. The van der Waals surface area contributed by atoms with Gasteiger partial charge in [0.2, 0.25) is 0 Å². The molecule has 54 heavy (non-hydrogen) atoms. The molecule has 4 fully saturated rings. The Kier molecular flexibility index (Phi) is 11.0. The number of allylic oxidation sites excluding steroid dienone is 1. The fraction of sp³-hybridized carbons (Fsp3) is 0.756. The van der Waals surface area contributed by atoms with Gasteiger partial charge in [0.1, 0.15) is 12.2 Å². The molecule has 4 aliphatic carbocycles. The summed E-state index contributed by atoms with van der Waals surface area (Å²) in [5, 5.41) is 9.66. The van der Waals surface area contributed by atoms with Crippen molar-refractivity contribution in [2.45, 2.75) is 158 Å². The molecule has 2 heterocycles. The molecule has 1 aliphatic heterocycles. The maximum Gasteiger partial charge on any atom is 0.410 e. The Hall–Kier alpha value is -3.23. The number of esters is 1. The SMILES string of the molecule is CCCC[C@H](OC(=O)CC(C)(C)C(=O)O)C(C)(C)[C@@H]1CC[C@]2(C)[C@H](CC[C@@H]3C4=C(C(C)C)C(=O)C[C@]4([C@@H]4CN(Cc5ccccn5)C(=O)O4)CC[C@]32C)C1. The smallest absolute Gasteiger partial charge is 0.410 e. The third-order valence-electron chi connectivity index (χ3n) is 15.7. The third kappa shape index (κ3) is 6.82. The molecule has 0 bridgehead atoms. The number of pyridine rings is 1. The summed E-state index contributed by atoms with van der Waals surface area (Å²) in [6, 6.07) is 5.74. The molecule has 298 valence electrons. The lowest BCUT2D eigenvalue weighted by molar-refractivity contribution is -0.174. The summed E-state index contributed by atoms with van der Waals surface area (Å²) in [6.45, 7) is 20.1. The van der Waals surface area contributed by atoms with Crippen LogP contribution in [-0.4, -0.2) is 57.6 Å². The number of rotatable bonds is 13. The molecule has 3 saturated carbocycles. The molecular formula is C45H66N2O7. The van der Waals surface area contributed by atoms with Crippen LogP contribution in [0.1, 0.15) is 145 Å². The van der Waals surface area contributed by atoms with E-state index in [1.54, 1.807) is 24.9 Å². The van der Waals surface area contributed by atoms with Crippen molar-refractivity contribution in [3.63, 3.8) is 0 Å². The highest BCUT2D eigenvalue weighted by atomic mass is 16.6. The zero-order valence-corrected chi connectivity index (χ0v) is 34.5. The number of fused-ring (bicyclic) bond motifs is 5. The van der Waals surface area contributed by atoms with Gasteiger partial charge < -0.3 is 14.6 Å². The van der Waals surface area contributed by atoms with Gasteiger partial charge in [0.25, 0.3) is 0 Å². The van der Waals surface area contributed by atoms with Crippen LogP contribution in [-0.2, 0) is 30.4 Å². The molecule has 9 heteroatoms. The summed E-state index contributed by atoms with van der Waals surface area (Å²) in [7, 11) is 0. The van der Waals surface area contributed by atoms with Crippen LogP contribution >= 0.6 is 0 Å². The van der Waals surface area contributed by atoms with Crippen LogP contribution in [0.2, 0.25) is 0 Å². The summed E-state index contributed by atoms with van der Waals surface area (Å²) in [6.07, 6.45) is 10.9. The van der Waals surface area contributed by atoms with Gasteiger partial charge in [0.05, 0.1) is 30.6 Å². The number of carbonyl (C=O) groups excluding carboxylic acids is 3. The lowest BCUT2D eigenvalue weighted by Gasteiger charge is -2.66. The van der Waals surface area contributed by atoms with Crippen molar-refractivity contribution < 1.29 is 33.8 Å². The number of ether oxygens (including phenoxy) is 2. The normalized spacial score (nSPS) is 33.3. The van der Waals surface area contributed by atoms with Crippen molar-refractivity contribution in [1.29, 1.82) is 0 Å². The summed E-state index contributed by atoms with van der Waals surface area (Å²) >= 11 is 0. The summed E-state index contributed by atoms with van der Waals surface area (Å²) < 4.78 is 12.5. The monoisotopic (exact) mass is 746 g/mol. The molecule has 1 amide bonds. The number of aliphatic carboxylic acids is 1. The second-order valence-corrected chi connectivity index (χ2v) is 19.8. The van der Waals surface area contributed by atoms with Gasteiger partial charge in [-0.05, 0) is 123 Å². The number of hydrogen-bond acceptors (Lipinski definition) is 7. The van der Waals surface area contributed by atoms with Crippen LogP contribution in [0.5, 0.6) is 0 Å². The van der Waals surface area contributed by atoms with E-state index in [0.29, 0.717) is 31.3 Å². The van der Waals surface area contributed by atoms with Crippen molar-refractivity contribution in [2.24, 2.45) is 50.7 Å². The Morgan fingerprint density at radius 1 is 1.06 bits per heavy atom. The predicted octanol–water partition coefficient (Wildman–Crippen LogP) is 9.58. The third-order valence-corrected chi connectivity index (χ3v) is 15.7. The zero-order valence-electron chi connectivity index (χ0n) is 34.5. The molecule has 1 N–H and O–H groups in total. The number of carbonyl (C=O) groups is 4. The first-order valence-electron chi connectivity index (χ1n) is 20.9. The van der Waals surface area contributed by atoms with Gasteiger partial charge in [-0.3, -0.25) is 24.3 Å². The van der Waals surface area contributed by atoms with Crippen LogP contribution in [0.4, 0.5) is 4.79 Å². The van der Waals surface area contributed by atoms with E-state index in [4.69, 9.17) is 9.47 Å². The highest BCUT2D eigenvalue weighted by Gasteiger charge is 2.68. The molecule has 0 unspecified atom stereocenters. The van der Waals surface area contributed by atoms with E-state index in [1.165, 1.54) is 5.57 Å². The minimum absolute atomic E-state index is 0.0125. The van der Waals surface area contributed by atoms with Gasteiger partial charge in [-0.1, -0.05) is 67.4 Å². The second-order valence-electron chi connectivity index (χ2n) is 19.8. The van der Waals surface area contributed by atoms with Gasteiger partial charge >= 0.3 is 18.0 Å². The number of nitrogens with zero attached hydrogens (tertiary/aromatic N) is 2. The van der Waals surface area contributed by atoms with Crippen molar-refractivity contribution in [2.75, 3.05) is 6.54 Å². The average molecular weight is 747 g/mol. The highest BCUT2D eigenvalue weighted by Crippen LogP contribution is 2.73. The predicted molar refractivity (Wildman–Crippen MR) is 207 cm³/mol. The summed E-state index contributed by atoms with van der Waals surface area (Å²) in [5.74, 6) is 0.0250. The van der Waals surface area contributed by atoms with Crippen molar-refractivity contribution in [3.05, 3.63) is 41.2 Å². The van der Waals surface area contributed by atoms with E-state index >= 15 is 0 Å². The molecule has 0 aromatic carbocycles. The first-order chi connectivity index (χ1) is 25.3. The number of amides is 1. The van der Waals surface area contributed by atoms with Gasteiger partial charge in [0.15, 0.2) is 5.78 Å². The summed E-state index contributed by atoms with van der Waals surface area (Å²) in [5.41, 5.74) is 1.27. The largest absolute Gasteiger partial charge is 0.481 e. The number of cyclic esters (lactones) is 1. The van der Waals surface area contributed by atoms with Crippen LogP contribution < -0.4 is 0 Å². The minimum Gasteiger partial charge on any atom is -0.481 e. The van der Waals surface area contributed by atoms with Gasteiger partial charge in [-0.15, -0.1) is 0 Å². The molecule has 9 nitrogen and oxygen atoms in total. The first kappa shape index (κ1) is 40.4. The van der Waals surface area contributed by atoms with Crippen LogP contribution in [0, 0.1) is 50.7 Å². The van der Waals surface area contributed by atoms with E-state index in [1.807, 2.05) is 18.2 Å². The average Bonchev–Trinajstić information content (AvgIpc) is 3.63. The maximum atomic E-state index is 14.1. The highest BCUT2D eigenvalue weighted by molar-refractivity contribution is 6.01. The number of Topliss-reactive ketones (excluding diaryl/α,β-unsaturated/α-hetero) is 1. The fourth-order valence-corrected chi connectivity index (χ4v) is 12.0. The molecule has 6 rings (SSSR count).